The number of ether oxygens (including phenoxy) is 1. The summed E-state index contributed by atoms with van der Waals surface area (Å²) in [6, 6.07) is 1.55. The van der Waals surface area contributed by atoms with E-state index in [0.717, 1.165) is 0 Å². The van der Waals surface area contributed by atoms with Crippen molar-refractivity contribution in [1.29, 1.82) is 0 Å². The van der Waals surface area contributed by atoms with Crippen molar-refractivity contribution in [2.75, 3.05) is 5.08 Å². The number of benzene rings is 2. The van der Waals surface area contributed by atoms with E-state index in [1.165, 1.54) is 0 Å². The van der Waals surface area contributed by atoms with Crippen LogP contribution in [-0.2, 0) is 34.5 Å². The van der Waals surface area contributed by atoms with Crippen molar-refractivity contribution < 1.29 is 78.4 Å². The summed E-state index contributed by atoms with van der Waals surface area (Å²) in [6.07, 6.45) is -13.7. The molecule has 0 aliphatic rings. The Bertz CT molecular complexity index is 1560. The predicted molar refractivity (Wildman–Crippen MR) is 110 cm³/mol. The molecule has 0 fully saturated rings. The Labute approximate surface area is 216 Å². The lowest BCUT2D eigenvalue weighted by Gasteiger charge is -2.32. The zero-order chi connectivity index (χ0) is 30.5. The van der Waals surface area contributed by atoms with Crippen molar-refractivity contribution in [3.05, 3.63) is 54.1 Å². The van der Waals surface area contributed by atoms with Crippen LogP contribution in [0.25, 0.3) is 0 Å². The number of hydrogen-bond acceptors (Lipinski definition) is 8. The molecule has 2 rings (SSSR count). The fourth-order valence-electron chi connectivity index (χ4n) is 2.38. The Morgan fingerprint density at radius 3 is 1.69 bits per heavy atom. The second kappa shape index (κ2) is 10.4. The average Bonchev–Trinajstić information content (AvgIpc) is 2.73. The summed E-state index contributed by atoms with van der Waals surface area (Å²) in [6.45, 7) is 0. The van der Waals surface area contributed by atoms with Gasteiger partial charge in [0.15, 0.2) is 14.9 Å². The highest BCUT2D eigenvalue weighted by atomic mass is 32.3. The molecule has 2 aromatic carbocycles. The lowest BCUT2D eigenvalue weighted by Crippen LogP contribution is -2.56. The Hall–Kier alpha value is -2.14. The van der Waals surface area contributed by atoms with Gasteiger partial charge in [-0.15, -0.1) is 0 Å². The van der Waals surface area contributed by atoms with Crippen LogP contribution in [0.3, 0.4) is 0 Å². The first-order valence-corrected chi connectivity index (χ1v) is 14.7. The van der Waals surface area contributed by atoms with Gasteiger partial charge in [-0.1, -0.05) is 0 Å². The van der Waals surface area contributed by atoms with Gasteiger partial charge in [0.1, 0.15) is 11.6 Å². The Kier molecular flexibility index (Phi) is 8.78. The monoisotopic (exact) mass is 660 g/mol. The second-order valence-electron chi connectivity index (χ2n) is 7.14. The molecule has 0 amide bonds. The minimum atomic E-state index is -7.10. The largest absolute Gasteiger partial charge is 0.439 e. The first-order chi connectivity index (χ1) is 17.3. The normalized spacial score (nSPS) is 14.4. The Morgan fingerprint density at radius 2 is 1.23 bits per heavy atom. The van der Waals surface area contributed by atoms with Gasteiger partial charge in [-0.05, 0) is 48.2 Å². The van der Waals surface area contributed by atoms with Gasteiger partial charge in [-0.3, -0.25) is 4.55 Å². The molecular weight excluding hydrogens is 650 g/mol. The third kappa shape index (κ3) is 6.96. The minimum Gasteiger partial charge on any atom is -0.282 e. The van der Waals surface area contributed by atoms with Gasteiger partial charge in [-0.25, -0.2) is 30.4 Å². The molecule has 0 aromatic heterocycles. The van der Waals surface area contributed by atoms with Crippen molar-refractivity contribution in [3.63, 3.8) is 0 Å². The maximum absolute atomic E-state index is 14.2. The molecule has 0 atom stereocenters. The standard InChI is InChI=1S/C17H10F10O8S4/c18-9-1-6-13(12(19)7-9)36-16(24,25)14(20,21)35-15(22,23)17(26,27)38(30,31)8-37(28,29)10-2-4-11(5-3-10)39(32,33)34/h1-7H,8H2,(H,32,33,34). The highest BCUT2D eigenvalue weighted by Crippen LogP contribution is 2.52. The predicted octanol–water partition coefficient (Wildman–Crippen LogP) is 4.54. The first-order valence-electron chi connectivity index (χ1n) is 9.14. The van der Waals surface area contributed by atoms with E-state index in [4.69, 9.17) is 4.55 Å². The van der Waals surface area contributed by atoms with Crippen molar-refractivity contribution in [3.8, 4) is 0 Å². The van der Waals surface area contributed by atoms with Crippen LogP contribution in [-0.4, -0.2) is 57.6 Å². The number of hydrogen-bond donors (Lipinski definition) is 1. The van der Waals surface area contributed by atoms with E-state index in [9.17, 15) is 69.2 Å². The minimum absolute atomic E-state index is 0.0799. The van der Waals surface area contributed by atoms with Gasteiger partial charge in [0.2, 0.25) is 9.84 Å². The van der Waals surface area contributed by atoms with Crippen molar-refractivity contribution in [2.45, 2.75) is 37.4 Å². The maximum atomic E-state index is 14.2. The fraction of sp³-hybridized carbons (Fsp3) is 0.294. The summed E-state index contributed by atoms with van der Waals surface area (Å²) in [4.78, 5) is -3.73. The van der Waals surface area contributed by atoms with E-state index in [2.05, 4.69) is 4.74 Å². The van der Waals surface area contributed by atoms with E-state index in [-0.39, 0.29) is 30.3 Å². The molecule has 0 saturated carbocycles. The molecule has 1 N–H and O–H groups in total. The van der Waals surface area contributed by atoms with Crippen molar-refractivity contribution in [2.24, 2.45) is 0 Å². The van der Waals surface area contributed by atoms with Crippen LogP contribution in [0.2, 0.25) is 0 Å². The van der Waals surface area contributed by atoms with Gasteiger partial charge in [-0.2, -0.15) is 43.5 Å². The smallest absolute Gasteiger partial charge is 0.282 e. The van der Waals surface area contributed by atoms with Gasteiger partial charge in [0.05, 0.1) is 9.79 Å². The molecule has 0 bridgehead atoms. The number of thioether (sulfide) groups is 1. The summed E-state index contributed by atoms with van der Waals surface area (Å²) in [5.41, 5.74) is 0. The summed E-state index contributed by atoms with van der Waals surface area (Å²) in [5.74, 6) is -3.27. The summed E-state index contributed by atoms with van der Waals surface area (Å²) in [7, 11) is -17.6. The van der Waals surface area contributed by atoms with Crippen LogP contribution in [0, 0.1) is 11.6 Å². The van der Waals surface area contributed by atoms with Crippen LogP contribution < -0.4 is 0 Å². The average molecular weight is 661 g/mol. The lowest BCUT2D eigenvalue weighted by atomic mass is 10.3. The van der Waals surface area contributed by atoms with Gasteiger partial charge < -0.3 is 0 Å². The Morgan fingerprint density at radius 1 is 0.744 bits per heavy atom. The Balaban J connectivity index is 2.35. The molecule has 0 spiro atoms. The number of rotatable bonds is 11. The van der Waals surface area contributed by atoms with E-state index in [0.29, 0.717) is 12.1 Å². The zero-order valence-electron chi connectivity index (χ0n) is 18.0. The molecule has 0 unspecified atom stereocenters. The van der Waals surface area contributed by atoms with E-state index < -0.39 is 95.7 Å². The van der Waals surface area contributed by atoms with Crippen LogP contribution in [0.1, 0.15) is 0 Å². The van der Waals surface area contributed by atoms with E-state index in [1.54, 1.807) is 0 Å². The highest BCUT2D eigenvalue weighted by molar-refractivity contribution is 8.08. The number of sulfone groups is 2. The molecule has 22 heteroatoms. The third-order valence-corrected chi connectivity index (χ3v) is 10.7. The second-order valence-corrected chi connectivity index (χ2v) is 14.1. The number of halogens is 10. The third-order valence-electron chi connectivity index (χ3n) is 4.25. The van der Waals surface area contributed by atoms with E-state index >= 15 is 0 Å². The molecule has 0 heterocycles. The SMILES string of the molecule is O=S(=O)(O)c1ccc(S(=O)(=O)CS(=O)(=O)C(F)(F)C(F)(F)OC(F)(F)C(F)(F)Sc2ccc(F)cc2F)cc1. The first kappa shape index (κ1) is 33.1. The van der Waals surface area contributed by atoms with Crippen LogP contribution in [0.5, 0.6) is 0 Å². The molecule has 39 heavy (non-hydrogen) atoms. The molecule has 0 saturated heterocycles. The van der Waals surface area contributed by atoms with Crippen LogP contribution in [0.15, 0.2) is 57.2 Å². The molecule has 8 nitrogen and oxygen atoms in total. The summed E-state index contributed by atoms with van der Waals surface area (Å²) < 4.78 is 219. The number of alkyl halides is 8. The lowest BCUT2D eigenvalue weighted by molar-refractivity contribution is -0.441. The molecule has 0 aliphatic heterocycles. The fourth-order valence-corrected chi connectivity index (χ4v) is 7.32. The van der Waals surface area contributed by atoms with E-state index in [1.807, 2.05) is 0 Å². The van der Waals surface area contributed by atoms with Crippen molar-refractivity contribution in [1.82, 2.24) is 0 Å². The molecule has 0 radical (unpaired) electrons. The molecular formula is C17H10F10O8S4. The van der Waals surface area contributed by atoms with Gasteiger partial charge in [0, 0.05) is 11.0 Å². The van der Waals surface area contributed by atoms with Crippen LogP contribution >= 0.6 is 11.8 Å². The summed E-state index contributed by atoms with van der Waals surface area (Å²) in [5, 5.41) is -15.9. The van der Waals surface area contributed by atoms with Crippen molar-refractivity contribution >= 4 is 41.6 Å². The van der Waals surface area contributed by atoms with Gasteiger partial charge >= 0.3 is 22.7 Å². The highest BCUT2D eigenvalue weighted by Gasteiger charge is 2.74. The maximum Gasteiger partial charge on any atom is 0.439 e. The van der Waals surface area contributed by atoms with Crippen LogP contribution in [0.4, 0.5) is 43.9 Å². The summed E-state index contributed by atoms with van der Waals surface area (Å²) >= 11 is -1.58. The molecule has 220 valence electrons. The van der Waals surface area contributed by atoms with Gasteiger partial charge in [0.25, 0.3) is 10.1 Å². The molecule has 2 aromatic rings. The topological polar surface area (TPSA) is 132 Å². The molecule has 0 aliphatic carbocycles. The zero-order valence-corrected chi connectivity index (χ0v) is 21.2. The quantitative estimate of drug-likeness (QED) is 0.210.